The summed E-state index contributed by atoms with van der Waals surface area (Å²) in [5.74, 6) is 0.502. The van der Waals surface area contributed by atoms with Gasteiger partial charge in [0.05, 0.1) is 18.8 Å². The van der Waals surface area contributed by atoms with Crippen molar-refractivity contribution in [3.63, 3.8) is 0 Å². The van der Waals surface area contributed by atoms with Crippen molar-refractivity contribution < 1.29 is 9.53 Å². The molecule has 1 amide bonds. The predicted octanol–water partition coefficient (Wildman–Crippen LogP) is 2.89. The van der Waals surface area contributed by atoms with E-state index in [1.54, 1.807) is 13.3 Å². The molecule has 0 aliphatic rings. The largest absolute Gasteiger partial charge is 0.496 e. The molecule has 7 nitrogen and oxygen atoms in total. The number of aromatic nitrogens is 4. The minimum atomic E-state index is -0.238. The van der Waals surface area contributed by atoms with Crippen molar-refractivity contribution in [2.45, 2.75) is 6.54 Å². The normalized spacial score (nSPS) is 10.8. The molecule has 0 spiro atoms. The van der Waals surface area contributed by atoms with Gasteiger partial charge >= 0.3 is 0 Å². The molecule has 4 rings (SSSR count). The van der Waals surface area contributed by atoms with Gasteiger partial charge in [0.1, 0.15) is 5.75 Å². The van der Waals surface area contributed by atoms with Gasteiger partial charge in [-0.2, -0.15) is 10.2 Å². The Morgan fingerprint density at radius 2 is 2.08 bits per heavy atom. The molecule has 0 aliphatic carbocycles. The van der Waals surface area contributed by atoms with Crippen LogP contribution in [0.3, 0.4) is 0 Å². The second-order valence-corrected chi connectivity index (χ2v) is 5.81. The first-order valence-electron chi connectivity index (χ1n) is 8.13. The third-order valence-corrected chi connectivity index (χ3v) is 4.24. The molecule has 0 radical (unpaired) electrons. The summed E-state index contributed by atoms with van der Waals surface area (Å²) in [6.45, 7) is 0.365. The van der Waals surface area contributed by atoms with Crippen LogP contribution in [0.25, 0.3) is 22.0 Å². The van der Waals surface area contributed by atoms with Crippen LogP contribution in [0.5, 0.6) is 5.75 Å². The Morgan fingerprint density at radius 1 is 1.19 bits per heavy atom. The molecule has 0 saturated heterocycles. The number of amides is 1. The van der Waals surface area contributed by atoms with Crippen LogP contribution in [0.1, 0.15) is 16.1 Å². The van der Waals surface area contributed by atoms with Crippen LogP contribution in [0.2, 0.25) is 0 Å². The van der Waals surface area contributed by atoms with Crippen LogP contribution in [-0.4, -0.2) is 33.4 Å². The molecule has 26 heavy (non-hydrogen) atoms. The van der Waals surface area contributed by atoms with E-state index in [1.807, 2.05) is 48.7 Å². The molecule has 0 fully saturated rings. The molecule has 4 aromatic rings. The van der Waals surface area contributed by atoms with Gasteiger partial charge in [-0.25, -0.2) is 0 Å². The van der Waals surface area contributed by atoms with E-state index in [0.29, 0.717) is 12.2 Å². The van der Waals surface area contributed by atoms with E-state index in [9.17, 15) is 4.79 Å². The van der Waals surface area contributed by atoms with E-state index in [-0.39, 0.29) is 5.91 Å². The summed E-state index contributed by atoms with van der Waals surface area (Å²) in [7, 11) is 1.61. The lowest BCUT2D eigenvalue weighted by atomic mass is 10.1. The van der Waals surface area contributed by atoms with Gasteiger partial charge in [0, 0.05) is 29.3 Å². The third kappa shape index (κ3) is 2.90. The maximum absolute atomic E-state index is 12.6. The Hall–Kier alpha value is -3.61. The van der Waals surface area contributed by atoms with E-state index in [0.717, 1.165) is 33.3 Å². The third-order valence-electron chi connectivity index (χ3n) is 4.24. The van der Waals surface area contributed by atoms with Crippen molar-refractivity contribution in [1.82, 2.24) is 25.7 Å². The zero-order valence-corrected chi connectivity index (χ0v) is 14.1. The zero-order chi connectivity index (χ0) is 17.9. The number of nitrogens with one attached hydrogen (secondary N) is 3. The lowest BCUT2D eigenvalue weighted by Crippen LogP contribution is -2.23. The number of ether oxygens (including phenoxy) is 1. The minimum Gasteiger partial charge on any atom is -0.496 e. The number of para-hydroxylation sites is 1. The average Bonchev–Trinajstić information content (AvgIpc) is 3.35. The number of hydrogen-bond acceptors (Lipinski definition) is 4. The lowest BCUT2D eigenvalue weighted by molar-refractivity contribution is 0.0947. The van der Waals surface area contributed by atoms with Gasteiger partial charge in [0.2, 0.25) is 0 Å². The number of H-pyrrole nitrogens is 2. The van der Waals surface area contributed by atoms with Gasteiger partial charge in [0.25, 0.3) is 5.91 Å². The SMILES string of the molecule is COc1ccccc1CNC(=O)c1n[nH]c2cc(-c3cn[nH]c3)ccc12. The molecule has 130 valence electrons. The van der Waals surface area contributed by atoms with Gasteiger partial charge in [0.15, 0.2) is 5.69 Å². The van der Waals surface area contributed by atoms with Crippen molar-refractivity contribution in [2.75, 3.05) is 7.11 Å². The van der Waals surface area contributed by atoms with Gasteiger partial charge in [-0.3, -0.25) is 15.0 Å². The van der Waals surface area contributed by atoms with E-state index in [2.05, 4.69) is 25.7 Å². The highest BCUT2D eigenvalue weighted by atomic mass is 16.5. The first kappa shape index (κ1) is 15.9. The molecule has 0 saturated carbocycles. The number of benzene rings is 2. The van der Waals surface area contributed by atoms with E-state index >= 15 is 0 Å². The Labute approximate surface area is 149 Å². The quantitative estimate of drug-likeness (QED) is 0.517. The molecule has 0 unspecified atom stereocenters. The molecule has 7 heteroatoms. The Morgan fingerprint density at radius 3 is 2.88 bits per heavy atom. The first-order valence-corrected chi connectivity index (χ1v) is 8.13. The van der Waals surface area contributed by atoms with Gasteiger partial charge < -0.3 is 10.1 Å². The topological polar surface area (TPSA) is 95.7 Å². The summed E-state index contributed by atoms with van der Waals surface area (Å²) in [6, 6.07) is 13.4. The Balaban J connectivity index is 1.55. The number of methoxy groups -OCH3 is 1. The molecule has 0 bridgehead atoms. The molecular formula is C19H17N5O2. The Bertz CT molecular complexity index is 1050. The Kier molecular flexibility index (Phi) is 4.10. The number of carbonyl (C=O) groups excluding carboxylic acids is 1. The highest BCUT2D eigenvalue weighted by molar-refractivity contribution is 6.05. The maximum Gasteiger partial charge on any atom is 0.272 e. The van der Waals surface area contributed by atoms with E-state index in [1.165, 1.54) is 0 Å². The molecule has 0 atom stereocenters. The fourth-order valence-electron chi connectivity index (χ4n) is 2.89. The van der Waals surface area contributed by atoms with Gasteiger partial charge in [-0.05, 0) is 23.8 Å². The number of fused-ring (bicyclic) bond motifs is 1. The molecule has 2 aromatic heterocycles. The highest BCUT2D eigenvalue weighted by Gasteiger charge is 2.15. The summed E-state index contributed by atoms with van der Waals surface area (Å²) in [6.07, 6.45) is 3.57. The molecular weight excluding hydrogens is 330 g/mol. The average molecular weight is 347 g/mol. The predicted molar refractivity (Wildman–Crippen MR) is 97.8 cm³/mol. The van der Waals surface area contributed by atoms with E-state index in [4.69, 9.17) is 4.74 Å². The second kappa shape index (κ2) is 6.72. The summed E-state index contributed by atoms with van der Waals surface area (Å²) >= 11 is 0. The van der Waals surface area contributed by atoms with Crippen LogP contribution < -0.4 is 10.1 Å². The van der Waals surface area contributed by atoms with Crippen molar-refractivity contribution in [1.29, 1.82) is 0 Å². The first-order chi connectivity index (χ1) is 12.8. The van der Waals surface area contributed by atoms with Crippen LogP contribution >= 0.6 is 0 Å². The zero-order valence-electron chi connectivity index (χ0n) is 14.1. The fraction of sp³-hybridized carbons (Fsp3) is 0.105. The number of carbonyl (C=O) groups is 1. The van der Waals surface area contributed by atoms with Crippen molar-refractivity contribution in [3.8, 4) is 16.9 Å². The second-order valence-electron chi connectivity index (χ2n) is 5.81. The minimum absolute atomic E-state index is 0.238. The molecule has 3 N–H and O–H groups in total. The highest BCUT2D eigenvalue weighted by Crippen LogP contribution is 2.24. The van der Waals surface area contributed by atoms with Gasteiger partial charge in [-0.15, -0.1) is 0 Å². The van der Waals surface area contributed by atoms with Crippen LogP contribution in [-0.2, 0) is 6.54 Å². The van der Waals surface area contributed by atoms with Gasteiger partial charge in [-0.1, -0.05) is 24.3 Å². The molecule has 2 aromatic carbocycles. The maximum atomic E-state index is 12.6. The lowest BCUT2D eigenvalue weighted by Gasteiger charge is -2.08. The monoisotopic (exact) mass is 347 g/mol. The van der Waals surface area contributed by atoms with Crippen molar-refractivity contribution >= 4 is 16.8 Å². The van der Waals surface area contributed by atoms with Crippen molar-refractivity contribution in [2.24, 2.45) is 0 Å². The summed E-state index contributed by atoms with van der Waals surface area (Å²) in [5.41, 5.74) is 4.05. The standard InChI is InChI=1S/C19H17N5O2/c1-26-17-5-3-2-4-13(17)9-20-19(25)18-15-7-6-12(8-16(15)23-24-18)14-10-21-22-11-14/h2-8,10-11H,9H2,1H3,(H,20,25)(H,21,22)(H,23,24). The fourth-order valence-corrected chi connectivity index (χ4v) is 2.89. The summed E-state index contributed by atoms with van der Waals surface area (Å²) in [4.78, 5) is 12.6. The summed E-state index contributed by atoms with van der Waals surface area (Å²) in [5, 5.41) is 17.5. The van der Waals surface area contributed by atoms with Crippen molar-refractivity contribution in [3.05, 3.63) is 66.1 Å². The van der Waals surface area contributed by atoms with Crippen LogP contribution in [0.4, 0.5) is 0 Å². The van der Waals surface area contributed by atoms with E-state index < -0.39 is 0 Å². The molecule has 0 aliphatic heterocycles. The smallest absolute Gasteiger partial charge is 0.272 e. The van der Waals surface area contributed by atoms with Crippen LogP contribution in [0, 0.1) is 0 Å². The van der Waals surface area contributed by atoms with Crippen LogP contribution in [0.15, 0.2) is 54.9 Å². The number of aromatic amines is 2. The molecule has 2 heterocycles. The number of hydrogen-bond donors (Lipinski definition) is 3. The number of nitrogens with zero attached hydrogens (tertiary/aromatic N) is 2. The summed E-state index contributed by atoms with van der Waals surface area (Å²) < 4.78 is 5.31. The number of rotatable bonds is 5.